The van der Waals surface area contributed by atoms with E-state index in [2.05, 4.69) is 0 Å². The van der Waals surface area contributed by atoms with Gasteiger partial charge in [0.2, 0.25) is 0 Å². The molecular weight excluding hydrogens is 1400 g/mol. The summed E-state index contributed by atoms with van der Waals surface area (Å²) in [5.41, 5.74) is 0. The monoisotopic (exact) mass is 1430 g/mol. The van der Waals surface area contributed by atoms with Crippen molar-refractivity contribution in [3.8, 4) is 0 Å². The Morgan fingerprint density at radius 2 is 0.588 bits per heavy atom. The van der Waals surface area contributed by atoms with Gasteiger partial charge in [0, 0.05) is 12.8 Å². The Balaban J connectivity index is -0.00000000781. The Kier molecular flexibility index (Phi) is 340. The van der Waals surface area contributed by atoms with Gasteiger partial charge in [0.1, 0.15) is 0 Å². The van der Waals surface area contributed by atoms with Gasteiger partial charge in [-0.2, -0.15) is 0 Å². The number of carboxylic acids is 2. The van der Waals surface area contributed by atoms with Crippen LogP contribution in [-0.2, 0) is 70.9 Å². The molecule has 20 heteroatoms. The molecule has 0 atom stereocenters. The second-order valence-corrected chi connectivity index (χ2v) is 31.4. The zero-order chi connectivity index (χ0) is 21.2. The summed E-state index contributed by atoms with van der Waals surface area (Å²) in [6, 6.07) is 0. The fourth-order valence-corrected chi connectivity index (χ4v) is 0. The molecule has 0 aromatic carbocycles. The van der Waals surface area contributed by atoms with Gasteiger partial charge < -0.3 is 80.6 Å². The molecule has 0 spiro atoms. The van der Waals surface area contributed by atoms with Crippen LogP contribution in [0.15, 0.2) is 0 Å². The number of carboxylic acid groups (broad SMARTS) is 2. The molecule has 0 saturated heterocycles. The summed E-state index contributed by atoms with van der Waals surface area (Å²) in [4.78, 5) is 18.7. The Morgan fingerprint density at radius 3 is 0.588 bits per heavy atom. The van der Waals surface area contributed by atoms with E-state index in [1.54, 1.807) is 13.8 Å². The molecule has 6 N–H and O–H groups in total. The van der Waals surface area contributed by atoms with Crippen LogP contribution in [0.5, 0.6) is 0 Å². The standard InChI is InChI=1S/2C3H6O2.8CH3.10ClH.2H2O.4Pt/c2*1-2-3(4)5;;;;;;;;;;;;;;;;;;;;;;;;/h2*2H2,1H3,(H,4,5);8*1H3;10*1H;2*1H2;;;;/q;;8*-1;;;;;;;;;;;;;3*+4;+6/p-10. The predicted molar refractivity (Wildman–Crippen MR) is 153 cm³/mol. The summed E-state index contributed by atoms with van der Waals surface area (Å²) in [5.74, 6) is -1.49. The first-order chi connectivity index (χ1) is 10.8. The topological polar surface area (TPSA) is 138 Å². The van der Waals surface area contributed by atoms with Crippen molar-refractivity contribution in [3.05, 3.63) is 59.4 Å². The molecule has 0 unspecified atom stereocenters. The van der Waals surface area contributed by atoms with Gasteiger partial charge in [0.05, 0.1) is 0 Å². The third-order valence-corrected chi connectivity index (χ3v) is 0.605. The van der Waals surface area contributed by atoms with E-state index in [0.29, 0.717) is 0 Å². The Hall–Kier alpha value is 4.51. The fraction of sp³-hybridized carbons (Fsp3) is 0.286. The number of halogens is 10. The molecule has 0 aromatic heterocycles. The van der Waals surface area contributed by atoms with E-state index in [0.717, 1.165) is 0 Å². The fourth-order valence-electron chi connectivity index (χ4n) is 0. The molecule has 0 aromatic rings. The SMILES string of the molecule is CCC(=O)O.CCC(=O)O.O.O.[CH3-].[CH3-].[CH3-].[CH3-].[CH3-].[CH3-].[CH3-].[CH3-].[Cl][Pt+2]([Cl])([Cl])[Cl].[Cl][Pt+2][Cl].[Cl][Pt+2][Cl].[Cl][Pt+2][Cl]. The molecule has 0 fully saturated rings. The van der Waals surface area contributed by atoms with Crippen LogP contribution in [0.3, 0.4) is 0 Å². The minimum atomic E-state index is -3.06. The van der Waals surface area contributed by atoms with Crippen molar-refractivity contribution < 1.29 is 92.1 Å². The van der Waals surface area contributed by atoms with Gasteiger partial charge in [0.15, 0.2) is 0 Å². The van der Waals surface area contributed by atoms with Crippen LogP contribution in [0.2, 0.25) is 0 Å². The molecule has 0 saturated carbocycles. The minimum absolute atomic E-state index is 0. The van der Waals surface area contributed by atoms with E-state index in [1.807, 2.05) is 0 Å². The number of hydrogen-bond donors (Lipinski definition) is 2. The quantitative estimate of drug-likeness (QED) is 0.266. The van der Waals surface area contributed by atoms with E-state index in [9.17, 15) is 9.59 Å². The molecule has 0 aliphatic heterocycles. The average Bonchev–Trinajstić information content (AvgIpc) is 2.40. The molecular formula is C14H40Cl10O6Pt4. The van der Waals surface area contributed by atoms with Gasteiger partial charge in [-0.05, 0) is 0 Å². The summed E-state index contributed by atoms with van der Waals surface area (Å²) >= 11 is -4.47. The second-order valence-electron chi connectivity index (χ2n) is 1.90. The van der Waals surface area contributed by atoms with Crippen LogP contribution in [0.25, 0.3) is 0 Å². The molecule has 0 radical (unpaired) electrons. The number of aliphatic carboxylic acids is 2. The summed E-state index contributed by atoms with van der Waals surface area (Å²) in [6.45, 7) is 3.20. The van der Waals surface area contributed by atoms with Crippen molar-refractivity contribution in [3.63, 3.8) is 0 Å². The van der Waals surface area contributed by atoms with E-state index >= 15 is 0 Å². The average molecular weight is 1440 g/mol. The molecule has 0 bridgehead atoms. The Morgan fingerprint density at radius 1 is 0.559 bits per heavy atom. The van der Waals surface area contributed by atoms with Crippen LogP contribution in [-0.4, -0.2) is 33.1 Å². The van der Waals surface area contributed by atoms with E-state index < -0.39 is 73.3 Å². The van der Waals surface area contributed by atoms with Crippen LogP contribution >= 0.6 is 94.2 Å². The molecule has 242 valence electrons. The Bertz CT molecular complexity index is 229. The molecule has 0 aliphatic carbocycles. The third-order valence-electron chi connectivity index (χ3n) is 0.605. The van der Waals surface area contributed by atoms with Gasteiger partial charge >= 0.3 is 167 Å². The van der Waals surface area contributed by atoms with Crippen molar-refractivity contribution >= 4 is 106 Å². The van der Waals surface area contributed by atoms with E-state index in [4.69, 9.17) is 104 Å². The van der Waals surface area contributed by atoms with Crippen LogP contribution in [0, 0.1) is 59.4 Å². The summed E-state index contributed by atoms with van der Waals surface area (Å²) in [7, 11) is 49.3. The van der Waals surface area contributed by atoms with Crippen molar-refractivity contribution in [1.82, 2.24) is 0 Å². The zero-order valence-electron chi connectivity index (χ0n) is 20.2. The number of carbonyl (C=O) groups is 2. The first kappa shape index (κ1) is 107. The summed E-state index contributed by atoms with van der Waals surface area (Å²) < 4.78 is 0. The van der Waals surface area contributed by atoms with Gasteiger partial charge in [0.25, 0.3) is 0 Å². The first-order valence-corrected chi connectivity index (χ1v) is 32.3. The van der Waals surface area contributed by atoms with Crippen molar-refractivity contribution in [1.29, 1.82) is 0 Å². The normalized spacial score (nSPS) is 6.35. The van der Waals surface area contributed by atoms with E-state index in [-0.39, 0.29) is 83.2 Å². The maximum absolute atomic E-state index is 9.37. The van der Waals surface area contributed by atoms with Crippen LogP contribution in [0.1, 0.15) is 26.7 Å². The molecule has 0 heterocycles. The van der Waals surface area contributed by atoms with Crippen molar-refractivity contribution in [2.45, 2.75) is 26.7 Å². The van der Waals surface area contributed by atoms with Crippen LogP contribution in [0.4, 0.5) is 0 Å². The van der Waals surface area contributed by atoms with Gasteiger partial charge in [-0.15, -0.1) is 0 Å². The molecule has 0 aliphatic rings. The van der Waals surface area contributed by atoms with Gasteiger partial charge in [-0.25, -0.2) is 0 Å². The van der Waals surface area contributed by atoms with Crippen molar-refractivity contribution in [2.75, 3.05) is 0 Å². The second kappa shape index (κ2) is 108. The summed E-state index contributed by atoms with van der Waals surface area (Å²) in [5, 5.41) is 15.4. The molecule has 6 nitrogen and oxygen atoms in total. The first-order valence-electron chi connectivity index (χ1n) is 4.17. The maximum atomic E-state index is 9.37. The molecule has 0 amide bonds. The van der Waals surface area contributed by atoms with Crippen molar-refractivity contribution in [2.24, 2.45) is 0 Å². The molecule has 0 rings (SSSR count). The van der Waals surface area contributed by atoms with Gasteiger partial charge in [-0.1, -0.05) is 13.8 Å². The third kappa shape index (κ3) is 635. The van der Waals surface area contributed by atoms with E-state index in [1.165, 1.54) is 0 Å². The van der Waals surface area contributed by atoms with Crippen LogP contribution < -0.4 is 0 Å². The molecule has 34 heavy (non-hydrogen) atoms. The number of hydrogen-bond acceptors (Lipinski definition) is 2. The Labute approximate surface area is 280 Å². The zero-order valence-corrected chi connectivity index (χ0v) is 36.8. The van der Waals surface area contributed by atoms with Gasteiger partial charge in [-0.3, -0.25) is 9.59 Å². The predicted octanol–water partition coefficient (Wildman–Crippen LogP) is 9.80. The number of rotatable bonds is 2. The summed E-state index contributed by atoms with van der Waals surface area (Å²) in [6.07, 6.45) is 0.444.